The summed E-state index contributed by atoms with van der Waals surface area (Å²) in [6.07, 6.45) is 0.750. The number of hydrogen-bond donors (Lipinski definition) is 2. The molecule has 3 nitrogen and oxygen atoms in total. The van der Waals surface area contributed by atoms with E-state index in [-0.39, 0.29) is 5.75 Å². The minimum Gasteiger partial charge on any atom is -0.508 e. The van der Waals surface area contributed by atoms with Gasteiger partial charge in [0, 0.05) is 5.69 Å². The average Bonchev–Trinajstić information content (AvgIpc) is 1.97. The number of carbonyl (C=O) groups excluding carboxylic acids is 1. The summed E-state index contributed by atoms with van der Waals surface area (Å²) in [6, 6.07) is 6.40. The predicted molar refractivity (Wildman–Crippen MR) is 44.3 cm³/mol. The lowest BCUT2D eigenvalue weighted by molar-refractivity contribution is -0.106. The zero-order chi connectivity index (χ0) is 8.69. The largest absolute Gasteiger partial charge is 0.508 e. The van der Waals surface area contributed by atoms with Gasteiger partial charge in [-0.05, 0) is 31.2 Å². The molecule has 0 aliphatic carbocycles. The quantitative estimate of drug-likeness (QED) is 0.334. The third kappa shape index (κ3) is 4.96. The van der Waals surface area contributed by atoms with Gasteiger partial charge in [-0.25, -0.2) is 0 Å². The zero-order valence-corrected chi connectivity index (χ0v) is 6.32. The fraction of sp³-hybridized carbons (Fsp3) is 0.125. The average molecular weight is 153 g/mol. The lowest BCUT2D eigenvalue weighted by atomic mass is 10.3. The first-order valence-corrected chi connectivity index (χ1v) is 3.15. The van der Waals surface area contributed by atoms with Crippen molar-refractivity contribution in [3.05, 3.63) is 24.3 Å². The topological polar surface area (TPSA) is 63.3 Å². The maximum atomic E-state index is 8.81. The summed E-state index contributed by atoms with van der Waals surface area (Å²) in [6.45, 7) is 1.44. The molecule has 0 radical (unpaired) electrons. The Kier molecular flexibility index (Phi) is 4.56. The summed E-state index contributed by atoms with van der Waals surface area (Å²) in [4.78, 5) is 8.81. The Hall–Kier alpha value is -1.51. The first-order chi connectivity index (χ1) is 5.20. The molecule has 11 heavy (non-hydrogen) atoms. The molecule has 0 heterocycles. The first-order valence-electron chi connectivity index (χ1n) is 3.15. The monoisotopic (exact) mass is 153 g/mol. The molecule has 0 bridgehead atoms. The van der Waals surface area contributed by atoms with Crippen molar-refractivity contribution in [1.29, 1.82) is 0 Å². The Morgan fingerprint density at radius 1 is 1.36 bits per heavy atom. The summed E-state index contributed by atoms with van der Waals surface area (Å²) in [5, 5.41) is 8.70. The molecule has 0 spiro atoms. The van der Waals surface area contributed by atoms with Gasteiger partial charge in [0.2, 0.25) is 0 Å². The van der Waals surface area contributed by atoms with Gasteiger partial charge in [-0.2, -0.15) is 0 Å². The molecule has 0 aliphatic heterocycles. The second-order valence-electron chi connectivity index (χ2n) is 1.83. The van der Waals surface area contributed by atoms with Crippen molar-refractivity contribution in [2.45, 2.75) is 6.92 Å². The minimum absolute atomic E-state index is 0.249. The van der Waals surface area contributed by atoms with Crippen LogP contribution in [0.25, 0.3) is 0 Å². The van der Waals surface area contributed by atoms with Gasteiger partial charge in [0.15, 0.2) is 0 Å². The Bertz CT molecular complexity index is 185. The summed E-state index contributed by atoms with van der Waals surface area (Å²) in [5.74, 6) is 0.249. The van der Waals surface area contributed by atoms with Crippen LogP contribution in [-0.4, -0.2) is 11.4 Å². The molecule has 0 fully saturated rings. The number of carbonyl (C=O) groups is 1. The molecule has 1 aromatic rings. The van der Waals surface area contributed by atoms with Crippen LogP contribution >= 0.6 is 0 Å². The lowest BCUT2D eigenvalue weighted by Crippen LogP contribution is -1.80. The molecule has 1 rings (SSSR count). The highest BCUT2D eigenvalue weighted by Crippen LogP contribution is 2.09. The zero-order valence-electron chi connectivity index (χ0n) is 6.32. The van der Waals surface area contributed by atoms with Gasteiger partial charge >= 0.3 is 0 Å². The van der Waals surface area contributed by atoms with Crippen LogP contribution in [0.2, 0.25) is 0 Å². The molecule has 1 aromatic carbocycles. The Morgan fingerprint density at radius 3 is 2.00 bits per heavy atom. The third-order valence-electron chi connectivity index (χ3n) is 0.893. The molecular formula is C8H11NO2. The van der Waals surface area contributed by atoms with E-state index < -0.39 is 0 Å². The molecule has 0 saturated carbocycles. The number of anilines is 1. The number of benzene rings is 1. The third-order valence-corrected chi connectivity index (χ3v) is 0.893. The van der Waals surface area contributed by atoms with Crippen LogP contribution in [0.1, 0.15) is 6.92 Å². The van der Waals surface area contributed by atoms with E-state index in [1.807, 2.05) is 0 Å². The first kappa shape index (κ1) is 9.49. The van der Waals surface area contributed by atoms with Crippen molar-refractivity contribution >= 4 is 12.0 Å². The van der Waals surface area contributed by atoms with Crippen LogP contribution in [0.5, 0.6) is 5.75 Å². The minimum atomic E-state index is 0.249. The SMILES string of the molecule is CC=O.Nc1ccc(O)cc1. The molecule has 0 aromatic heterocycles. The van der Waals surface area contributed by atoms with Gasteiger partial charge in [0.25, 0.3) is 0 Å². The molecular weight excluding hydrogens is 142 g/mol. The fourth-order valence-electron chi connectivity index (χ4n) is 0.474. The van der Waals surface area contributed by atoms with E-state index in [1.165, 1.54) is 6.92 Å². The molecule has 60 valence electrons. The fourth-order valence-corrected chi connectivity index (χ4v) is 0.474. The highest BCUT2D eigenvalue weighted by Gasteiger charge is 1.82. The molecule has 0 unspecified atom stereocenters. The van der Waals surface area contributed by atoms with Crippen LogP contribution in [0.3, 0.4) is 0 Å². The maximum absolute atomic E-state index is 8.81. The highest BCUT2D eigenvalue weighted by atomic mass is 16.3. The number of rotatable bonds is 0. The van der Waals surface area contributed by atoms with E-state index in [9.17, 15) is 0 Å². The van der Waals surface area contributed by atoms with E-state index in [1.54, 1.807) is 24.3 Å². The molecule has 0 saturated heterocycles. The summed E-state index contributed by atoms with van der Waals surface area (Å²) in [7, 11) is 0. The maximum Gasteiger partial charge on any atom is 0.116 e. The Labute approximate surface area is 65.5 Å². The van der Waals surface area contributed by atoms with E-state index in [2.05, 4.69) is 0 Å². The Balaban J connectivity index is 0.000000292. The van der Waals surface area contributed by atoms with Crippen molar-refractivity contribution < 1.29 is 9.90 Å². The van der Waals surface area contributed by atoms with Gasteiger partial charge < -0.3 is 15.6 Å². The lowest BCUT2D eigenvalue weighted by Gasteiger charge is -1.89. The number of aromatic hydroxyl groups is 1. The van der Waals surface area contributed by atoms with Crippen molar-refractivity contribution in [3.63, 3.8) is 0 Å². The molecule has 3 heteroatoms. The van der Waals surface area contributed by atoms with Crippen molar-refractivity contribution in [3.8, 4) is 5.75 Å². The van der Waals surface area contributed by atoms with Crippen LogP contribution in [0, 0.1) is 0 Å². The van der Waals surface area contributed by atoms with E-state index in [4.69, 9.17) is 15.6 Å². The van der Waals surface area contributed by atoms with Crippen molar-refractivity contribution in [1.82, 2.24) is 0 Å². The van der Waals surface area contributed by atoms with Gasteiger partial charge in [-0.1, -0.05) is 0 Å². The summed E-state index contributed by atoms with van der Waals surface area (Å²) < 4.78 is 0. The number of nitrogens with two attached hydrogens (primary N) is 1. The standard InChI is InChI=1S/C6H7NO.C2H4O/c7-5-1-3-6(8)4-2-5;1-2-3/h1-4,8H,7H2;2H,1H3. The molecule has 0 atom stereocenters. The highest BCUT2D eigenvalue weighted by molar-refractivity contribution is 5.44. The normalized spacial score (nSPS) is 7.73. The van der Waals surface area contributed by atoms with E-state index in [0.717, 1.165) is 6.29 Å². The number of aldehydes is 1. The van der Waals surface area contributed by atoms with Gasteiger partial charge in [0.1, 0.15) is 12.0 Å². The van der Waals surface area contributed by atoms with Gasteiger partial charge in [0.05, 0.1) is 0 Å². The summed E-state index contributed by atoms with van der Waals surface area (Å²) in [5.41, 5.74) is 5.98. The van der Waals surface area contributed by atoms with Crippen LogP contribution in [0.4, 0.5) is 5.69 Å². The predicted octanol–water partition coefficient (Wildman–Crippen LogP) is 1.18. The molecule has 3 N–H and O–H groups in total. The smallest absolute Gasteiger partial charge is 0.116 e. The van der Waals surface area contributed by atoms with Gasteiger partial charge in [-0.3, -0.25) is 0 Å². The second kappa shape index (κ2) is 5.29. The van der Waals surface area contributed by atoms with Crippen molar-refractivity contribution in [2.24, 2.45) is 0 Å². The molecule has 0 amide bonds. The van der Waals surface area contributed by atoms with E-state index >= 15 is 0 Å². The van der Waals surface area contributed by atoms with Crippen molar-refractivity contribution in [2.75, 3.05) is 5.73 Å². The summed E-state index contributed by atoms with van der Waals surface area (Å²) >= 11 is 0. The second-order valence-corrected chi connectivity index (χ2v) is 1.83. The molecule has 0 aliphatic rings. The number of hydrogen-bond acceptors (Lipinski definition) is 3. The van der Waals surface area contributed by atoms with Crippen LogP contribution in [-0.2, 0) is 4.79 Å². The number of nitrogen functional groups attached to an aromatic ring is 1. The van der Waals surface area contributed by atoms with E-state index in [0.29, 0.717) is 5.69 Å². The number of phenolic OH excluding ortho intramolecular Hbond substituents is 1. The van der Waals surface area contributed by atoms with Crippen LogP contribution in [0.15, 0.2) is 24.3 Å². The van der Waals surface area contributed by atoms with Crippen LogP contribution < -0.4 is 5.73 Å². The Morgan fingerprint density at radius 2 is 1.73 bits per heavy atom. The number of phenols is 1. The van der Waals surface area contributed by atoms with Gasteiger partial charge in [-0.15, -0.1) is 0 Å².